The first kappa shape index (κ1) is 12.8. The molecule has 6 nitrogen and oxygen atoms in total. The Balaban J connectivity index is 1.90. The van der Waals surface area contributed by atoms with Crippen molar-refractivity contribution in [3.8, 4) is 0 Å². The molecule has 1 saturated carbocycles. The van der Waals surface area contributed by atoms with E-state index < -0.39 is 0 Å². The maximum absolute atomic E-state index is 11.9. The summed E-state index contributed by atoms with van der Waals surface area (Å²) in [6.45, 7) is 0. The van der Waals surface area contributed by atoms with Gasteiger partial charge in [-0.25, -0.2) is 4.98 Å². The average molecular weight is 250 g/mol. The lowest BCUT2D eigenvalue weighted by Gasteiger charge is -2.25. The fraction of sp³-hybridized carbons (Fsp3) is 0.500. The van der Waals surface area contributed by atoms with Crippen molar-refractivity contribution in [2.75, 3.05) is 5.43 Å². The maximum atomic E-state index is 11.9. The number of nitrogens with two attached hydrogens (primary N) is 1. The standard InChI is InChI=1S/C12H18N4O2/c13-16-9-3-6-11(14-7-9)12(18)15-8-1-4-10(17)5-2-8/h3,6-8,10,16-17H,1-2,4-5,13H2,(H,15,18). The summed E-state index contributed by atoms with van der Waals surface area (Å²) in [6, 6.07) is 3.46. The second-order valence-corrected chi connectivity index (χ2v) is 4.56. The number of aliphatic hydroxyl groups excluding tert-OH is 1. The van der Waals surface area contributed by atoms with Crippen molar-refractivity contribution in [1.82, 2.24) is 10.3 Å². The molecule has 1 aliphatic carbocycles. The minimum atomic E-state index is -0.216. The summed E-state index contributed by atoms with van der Waals surface area (Å²) in [5.41, 5.74) is 3.49. The highest BCUT2D eigenvalue weighted by Crippen LogP contribution is 2.18. The topological polar surface area (TPSA) is 100 Å². The molecule has 0 radical (unpaired) electrons. The molecule has 1 aromatic rings. The van der Waals surface area contributed by atoms with E-state index in [0.717, 1.165) is 25.7 Å². The molecular weight excluding hydrogens is 232 g/mol. The van der Waals surface area contributed by atoms with E-state index in [4.69, 9.17) is 5.84 Å². The van der Waals surface area contributed by atoms with Crippen LogP contribution in [-0.2, 0) is 0 Å². The molecule has 1 aromatic heterocycles. The van der Waals surface area contributed by atoms with Crippen molar-refractivity contribution in [3.63, 3.8) is 0 Å². The predicted molar refractivity (Wildman–Crippen MR) is 67.8 cm³/mol. The lowest BCUT2D eigenvalue weighted by molar-refractivity contribution is 0.0863. The van der Waals surface area contributed by atoms with E-state index in [9.17, 15) is 9.90 Å². The number of aromatic nitrogens is 1. The van der Waals surface area contributed by atoms with Gasteiger partial charge in [0.05, 0.1) is 18.0 Å². The lowest BCUT2D eigenvalue weighted by Crippen LogP contribution is -2.38. The molecule has 1 fully saturated rings. The number of nitrogen functional groups attached to an aromatic ring is 1. The number of anilines is 1. The van der Waals surface area contributed by atoms with Crippen LogP contribution < -0.4 is 16.6 Å². The Kier molecular flexibility index (Phi) is 4.11. The van der Waals surface area contributed by atoms with Crippen LogP contribution in [0.3, 0.4) is 0 Å². The van der Waals surface area contributed by atoms with Gasteiger partial charge in [0.2, 0.25) is 0 Å². The highest BCUT2D eigenvalue weighted by Gasteiger charge is 2.21. The van der Waals surface area contributed by atoms with Gasteiger partial charge in [0, 0.05) is 6.04 Å². The summed E-state index contributed by atoms with van der Waals surface area (Å²) in [6.07, 6.45) is 4.42. The van der Waals surface area contributed by atoms with Gasteiger partial charge in [0.25, 0.3) is 5.91 Å². The van der Waals surface area contributed by atoms with E-state index in [1.165, 1.54) is 6.20 Å². The Morgan fingerprint density at radius 1 is 1.33 bits per heavy atom. The van der Waals surface area contributed by atoms with Crippen molar-refractivity contribution < 1.29 is 9.90 Å². The van der Waals surface area contributed by atoms with Crippen LogP contribution in [0.5, 0.6) is 0 Å². The molecule has 0 saturated heterocycles. The smallest absolute Gasteiger partial charge is 0.270 e. The molecule has 0 spiro atoms. The van der Waals surface area contributed by atoms with E-state index in [1.807, 2.05) is 0 Å². The molecule has 1 aliphatic rings. The molecule has 1 heterocycles. The molecule has 1 amide bonds. The third-order valence-corrected chi connectivity index (χ3v) is 3.19. The van der Waals surface area contributed by atoms with Crippen molar-refractivity contribution in [3.05, 3.63) is 24.0 Å². The van der Waals surface area contributed by atoms with E-state index in [0.29, 0.717) is 11.4 Å². The molecule has 0 unspecified atom stereocenters. The molecule has 0 bridgehead atoms. The van der Waals surface area contributed by atoms with E-state index >= 15 is 0 Å². The minimum absolute atomic E-state index is 0.134. The Labute approximate surface area is 106 Å². The summed E-state index contributed by atoms with van der Waals surface area (Å²) in [7, 11) is 0. The highest BCUT2D eigenvalue weighted by molar-refractivity contribution is 5.92. The van der Waals surface area contributed by atoms with Crippen LogP contribution in [0.1, 0.15) is 36.2 Å². The maximum Gasteiger partial charge on any atom is 0.270 e. The summed E-state index contributed by atoms with van der Waals surface area (Å²) < 4.78 is 0. The first-order valence-corrected chi connectivity index (χ1v) is 6.10. The predicted octanol–water partition coefficient (Wildman–Crippen LogP) is 0.400. The van der Waals surface area contributed by atoms with Crippen molar-refractivity contribution >= 4 is 11.6 Å². The van der Waals surface area contributed by atoms with Gasteiger partial charge in [-0.3, -0.25) is 10.6 Å². The summed E-state index contributed by atoms with van der Waals surface area (Å²) in [4.78, 5) is 15.9. The zero-order valence-electron chi connectivity index (χ0n) is 10.1. The second-order valence-electron chi connectivity index (χ2n) is 4.56. The fourth-order valence-corrected chi connectivity index (χ4v) is 2.09. The Hall–Kier alpha value is -1.66. The number of nitrogens with one attached hydrogen (secondary N) is 2. The minimum Gasteiger partial charge on any atom is -0.393 e. The number of hydrazine groups is 1. The number of hydrogen-bond acceptors (Lipinski definition) is 5. The molecule has 6 heteroatoms. The summed E-state index contributed by atoms with van der Waals surface area (Å²) in [5, 5.41) is 12.3. The number of hydrogen-bond donors (Lipinski definition) is 4. The number of amides is 1. The zero-order chi connectivity index (χ0) is 13.0. The normalized spacial score (nSPS) is 23.4. The van der Waals surface area contributed by atoms with Gasteiger partial charge >= 0.3 is 0 Å². The molecule has 0 aliphatic heterocycles. The van der Waals surface area contributed by atoms with Crippen LogP contribution in [0, 0.1) is 0 Å². The van der Waals surface area contributed by atoms with Gasteiger partial charge in [-0.15, -0.1) is 0 Å². The van der Waals surface area contributed by atoms with Crippen LogP contribution in [0.2, 0.25) is 0 Å². The van der Waals surface area contributed by atoms with Crippen molar-refractivity contribution in [2.45, 2.75) is 37.8 Å². The molecule has 2 rings (SSSR count). The van der Waals surface area contributed by atoms with E-state index in [-0.39, 0.29) is 18.1 Å². The fourth-order valence-electron chi connectivity index (χ4n) is 2.09. The lowest BCUT2D eigenvalue weighted by atomic mass is 9.93. The molecule has 0 atom stereocenters. The van der Waals surface area contributed by atoms with E-state index in [2.05, 4.69) is 15.7 Å². The number of aliphatic hydroxyl groups is 1. The van der Waals surface area contributed by atoms with Gasteiger partial charge in [0.1, 0.15) is 5.69 Å². The number of rotatable bonds is 3. The van der Waals surface area contributed by atoms with Crippen LogP contribution >= 0.6 is 0 Å². The Morgan fingerprint density at radius 2 is 2.06 bits per heavy atom. The third-order valence-electron chi connectivity index (χ3n) is 3.19. The zero-order valence-corrected chi connectivity index (χ0v) is 10.1. The van der Waals surface area contributed by atoms with Gasteiger partial charge in [-0.05, 0) is 37.8 Å². The summed E-state index contributed by atoms with van der Waals surface area (Å²) >= 11 is 0. The van der Waals surface area contributed by atoms with Gasteiger partial charge in [-0.2, -0.15) is 0 Å². The molecule has 0 aromatic carbocycles. The molecule has 18 heavy (non-hydrogen) atoms. The Bertz CT molecular complexity index is 399. The van der Waals surface area contributed by atoms with Crippen LogP contribution in [0.15, 0.2) is 18.3 Å². The second kappa shape index (κ2) is 5.79. The SMILES string of the molecule is NNc1ccc(C(=O)NC2CCC(O)CC2)nc1. The molecular formula is C12H18N4O2. The van der Waals surface area contributed by atoms with Gasteiger partial charge in [0.15, 0.2) is 0 Å². The average Bonchev–Trinajstić information content (AvgIpc) is 2.41. The highest BCUT2D eigenvalue weighted by atomic mass is 16.3. The van der Waals surface area contributed by atoms with Gasteiger partial charge in [-0.1, -0.05) is 0 Å². The van der Waals surface area contributed by atoms with Crippen molar-refractivity contribution in [1.29, 1.82) is 0 Å². The largest absolute Gasteiger partial charge is 0.393 e. The first-order valence-electron chi connectivity index (χ1n) is 6.10. The number of carbonyl (C=O) groups excluding carboxylic acids is 1. The van der Waals surface area contributed by atoms with Crippen molar-refractivity contribution in [2.24, 2.45) is 5.84 Å². The van der Waals surface area contributed by atoms with Crippen LogP contribution in [0.25, 0.3) is 0 Å². The molecule has 5 N–H and O–H groups in total. The number of pyridine rings is 1. The molecule has 98 valence electrons. The third kappa shape index (κ3) is 3.18. The van der Waals surface area contributed by atoms with E-state index in [1.54, 1.807) is 12.1 Å². The number of carbonyl (C=O) groups is 1. The summed E-state index contributed by atoms with van der Waals surface area (Å²) in [5.74, 6) is 5.04. The monoisotopic (exact) mass is 250 g/mol. The van der Waals surface area contributed by atoms with Crippen LogP contribution in [-0.4, -0.2) is 28.1 Å². The first-order chi connectivity index (χ1) is 8.69. The quantitative estimate of drug-likeness (QED) is 0.459. The Morgan fingerprint density at radius 3 is 2.61 bits per heavy atom. The number of nitrogens with zero attached hydrogens (tertiary/aromatic N) is 1. The van der Waals surface area contributed by atoms with Crippen LogP contribution in [0.4, 0.5) is 5.69 Å². The van der Waals surface area contributed by atoms with Gasteiger partial charge < -0.3 is 15.8 Å².